The molecule has 0 aliphatic carbocycles. The Morgan fingerprint density at radius 3 is 2.46 bits per heavy atom. The van der Waals surface area contributed by atoms with E-state index in [4.69, 9.17) is 16.3 Å². The van der Waals surface area contributed by atoms with Crippen LogP contribution in [0.3, 0.4) is 0 Å². The summed E-state index contributed by atoms with van der Waals surface area (Å²) in [6, 6.07) is 22.1. The molecule has 0 atom stereocenters. The van der Waals surface area contributed by atoms with Crippen LogP contribution in [-0.2, 0) is 10.0 Å². The number of pyridine rings is 1. The first kappa shape index (κ1) is 23.4. The second kappa shape index (κ2) is 9.73. The van der Waals surface area contributed by atoms with E-state index in [2.05, 4.69) is 15.2 Å². The van der Waals surface area contributed by atoms with Gasteiger partial charge in [-0.3, -0.25) is 4.98 Å². The third-order valence-electron chi connectivity index (χ3n) is 6.13. The number of methoxy groups -OCH3 is 1. The van der Waals surface area contributed by atoms with Gasteiger partial charge in [0.25, 0.3) is 0 Å². The fourth-order valence-electron chi connectivity index (χ4n) is 4.24. The normalized spacial score (nSPS) is 14.7. The lowest BCUT2D eigenvalue weighted by Gasteiger charge is -2.35. The van der Waals surface area contributed by atoms with Crippen molar-refractivity contribution in [2.75, 3.05) is 43.5 Å². The summed E-state index contributed by atoms with van der Waals surface area (Å²) in [6.45, 7) is 2.08. The van der Waals surface area contributed by atoms with Crippen molar-refractivity contribution >= 4 is 49.6 Å². The molecule has 0 saturated carbocycles. The topological polar surface area (TPSA) is 74.8 Å². The van der Waals surface area contributed by atoms with Crippen LogP contribution in [0, 0.1) is 0 Å². The van der Waals surface area contributed by atoms with Crippen LogP contribution in [-0.4, -0.2) is 51.0 Å². The van der Waals surface area contributed by atoms with Gasteiger partial charge in [0.2, 0.25) is 10.0 Å². The van der Waals surface area contributed by atoms with Crippen molar-refractivity contribution in [3.8, 4) is 5.75 Å². The number of halogens is 1. The van der Waals surface area contributed by atoms with Gasteiger partial charge in [-0.25, -0.2) is 8.42 Å². The van der Waals surface area contributed by atoms with Gasteiger partial charge in [-0.15, -0.1) is 0 Å². The summed E-state index contributed by atoms with van der Waals surface area (Å²) in [5.74, 6) is 0.787. The second-order valence-corrected chi connectivity index (χ2v) is 10.6. The van der Waals surface area contributed by atoms with E-state index in [1.165, 1.54) is 0 Å². The van der Waals surface area contributed by atoms with Crippen molar-refractivity contribution in [3.05, 3.63) is 84.0 Å². The van der Waals surface area contributed by atoms with Crippen LogP contribution in [0.15, 0.2) is 83.9 Å². The van der Waals surface area contributed by atoms with E-state index in [9.17, 15) is 8.42 Å². The number of ether oxygens (including phenoxy) is 1. The number of aromatic nitrogens is 1. The van der Waals surface area contributed by atoms with Gasteiger partial charge in [0.1, 0.15) is 5.75 Å². The van der Waals surface area contributed by atoms with Gasteiger partial charge in [0, 0.05) is 65.9 Å². The van der Waals surface area contributed by atoms with Gasteiger partial charge in [0.15, 0.2) is 0 Å². The largest absolute Gasteiger partial charge is 0.497 e. The molecular weight excluding hydrogens is 484 g/mol. The van der Waals surface area contributed by atoms with Crippen molar-refractivity contribution in [1.29, 1.82) is 0 Å². The van der Waals surface area contributed by atoms with E-state index < -0.39 is 10.0 Å². The Labute approximate surface area is 210 Å². The number of sulfonamides is 1. The Morgan fingerprint density at radius 1 is 0.943 bits per heavy atom. The van der Waals surface area contributed by atoms with E-state index in [1.54, 1.807) is 41.9 Å². The first-order valence-corrected chi connectivity index (χ1v) is 13.1. The first-order chi connectivity index (χ1) is 16.9. The molecule has 1 aromatic heterocycles. The molecule has 0 radical (unpaired) electrons. The molecule has 0 amide bonds. The highest BCUT2D eigenvalue weighted by Crippen LogP contribution is 2.29. The van der Waals surface area contributed by atoms with Gasteiger partial charge in [-0.05, 0) is 60.7 Å². The number of piperazine rings is 1. The molecule has 5 rings (SSSR count). The van der Waals surface area contributed by atoms with E-state index in [-0.39, 0.29) is 4.90 Å². The minimum atomic E-state index is -3.58. The quantitative estimate of drug-likeness (QED) is 0.388. The standard InChI is InChI=1S/C26H25ClN4O3S/c1-34-22-4-2-3-21(18-22)30-13-15-31(16-14-30)35(32,33)23-8-6-20(7-9-23)29-25-11-12-28-26-17-19(27)5-10-24(25)26/h2-12,17-18H,13-16H2,1H3,(H,28,29). The average molecular weight is 509 g/mol. The summed E-state index contributed by atoms with van der Waals surface area (Å²) in [6.07, 6.45) is 1.71. The van der Waals surface area contributed by atoms with Gasteiger partial charge in [-0.1, -0.05) is 17.7 Å². The first-order valence-electron chi connectivity index (χ1n) is 11.2. The maximum atomic E-state index is 13.3. The molecule has 9 heteroatoms. The molecule has 35 heavy (non-hydrogen) atoms. The molecule has 1 N–H and O–H groups in total. The fourth-order valence-corrected chi connectivity index (χ4v) is 5.83. The lowest BCUT2D eigenvalue weighted by atomic mass is 10.2. The highest BCUT2D eigenvalue weighted by atomic mass is 35.5. The van der Waals surface area contributed by atoms with E-state index in [0.29, 0.717) is 31.2 Å². The van der Waals surface area contributed by atoms with Crippen molar-refractivity contribution in [1.82, 2.24) is 9.29 Å². The monoisotopic (exact) mass is 508 g/mol. The second-order valence-electron chi connectivity index (χ2n) is 8.26. The van der Waals surface area contributed by atoms with Crippen molar-refractivity contribution in [2.45, 2.75) is 4.90 Å². The lowest BCUT2D eigenvalue weighted by molar-refractivity contribution is 0.384. The number of rotatable bonds is 6. The number of nitrogens with one attached hydrogen (secondary N) is 1. The molecule has 1 aliphatic rings. The summed E-state index contributed by atoms with van der Waals surface area (Å²) in [5, 5.41) is 4.91. The van der Waals surface area contributed by atoms with Crippen molar-refractivity contribution < 1.29 is 13.2 Å². The molecule has 0 bridgehead atoms. The molecule has 0 spiro atoms. The number of fused-ring (bicyclic) bond motifs is 1. The Morgan fingerprint density at radius 2 is 1.71 bits per heavy atom. The minimum absolute atomic E-state index is 0.282. The van der Waals surface area contributed by atoms with Crippen LogP contribution in [0.1, 0.15) is 0 Å². The van der Waals surface area contributed by atoms with Gasteiger partial charge >= 0.3 is 0 Å². The Kier molecular flexibility index (Phi) is 6.51. The molecule has 7 nitrogen and oxygen atoms in total. The zero-order valence-electron chi connectivity index (χ0n) is 19.2. The summed E-state index contributed by atoms with van der Waals surface area (Å²) >= 11 is 6.08. The molecule has 1 fully saturated rings. The molecule has 180 valence electrons. The molecule has 1 aliphatic heterocycles. The molecule has 3 aromatic carbocycles. The van der Waals surface area contributed by atoms with Gasteiger partial charge in [0.05, 0.1) is 17.5 Å². The van der Waals surface area contributed by atoms with Crippen LogP contribution >= 0.6 is 11.6 Å². The number of nitrogens with zero attached hydrogens (tertiary/aromatic N) is 3. The molecular formula is C26H25ClN4O3S. The van der Waals surface area contributed by atoms with E-state index in [0.717, 1.165) is 33.7 Å². The summed E-state index contributed by atoms with van der Waals surface area (Å²) in [7, 11) is -1.94. The Hall–Kier alpha value is -3.33. The predicted molar refractivity (Wildman–Crippen MR) is 140 cm³/mol. The lowest BCUT2D eigenvalue weighted by Crippen LogP contribution is -2.48. The number of anilines is 3. The van der Waals surface area contributed by atoms with Crippen LogP contribution in [0.2, 0.25) is 5.02 Å². The molecule has 2 heterocycles. The average Bonchev–Trinajstić information content (AvgIpc) is 2.89. The highest BCUT2D eigenvalue weighted by molar-refractivity contribution is 7.89. The minimum Gasteiger partial charge on any atom is -0.497 e. The van der Waals surface area contributed by atoms with Gasteiger partial charge < -0.3 is 15.0 Å². The molecule has 1 saturated heterocycles. The predicted octanol–water partition coefficient (Wildman–Crippen LogP) is 5.15. The van der Waals surface area contributed by atoms with Crippen LogP contribution < -0.4 is 15.0 Å². The zero-order valence-corrected chi connectivity index (χ0v) is 20.8. The molecule has 4 aromatic rings. The van der Waals surface area contributed by atoms with Crippen molar-refractivity contribution in [3.63, 3.8) is 0 Å². The smallest absolute Gasteiger partial charge is 0.243 e. The number of hydrogen-bond donors (Lipinski definition) is 1. The third-order valence-corrected chi connectivity index (χ3v) is 8.28. The molecule has 0 unspecified atom stereocenters. The van der Waals surface area contributed by atoms with Crippen molar-refractivity contribution in [2.24, 2.45) is 0 Å². The fraction of sp³-hybridized carbons (Fsp3) is 0.192. The number of benzene rings is 3. The SMILES string of the molecule is COc1cccc(N2CCN(S(=O)(=O)c3ccc(Nc4ccnc5cc(Cl)ccc45)cc3)CC2)c1. The van der Waals surface area contributed by atoms with Crippen LogP contribution in [0.25, 0.3) is 10.9 Å². The van der Waals surface area contributed by atoms with Gasteiger partial charge in [-0.2, -0.15) is 4.31 Å². The van der Waals surface area contributed by atoms with Crippen LogP contribution in [0.5, 0.6) is 5.75 Å². The Bertz CT molecular complexity index is 1450. The summed E-state index contributed by atoms with van der Waals surface area (Å²) in [5.41, 5.74) is 3.47. The summed E-state index contributed by atoms with van der Waals surface area (Å²) in [4.78, 5) is 6.81. The maximum Gasteiger partial charge on any atom is 0.243 e. The summed E-state index contributed by atoms with van der Waals surface area (Å²) < 4.78 is 33.4. The van der Waals surface area contributed by atoms with E-state index >= 15 is 0 Å². The Balaban J connectivity index is 1.28. The highest BCUT2D eigenvalue weighted by Gasteiger charge is 2.28. The third kappa shape index (κ3) is 4.91. The maximum absolute atomic E-state index is 13.3. The zero-order chi connectivity index (χ0) is 24.4. The number of hydrogen-bond acceptors (Lipinski definition) is 6. The van der Waals surface area contributed by atoms with Crippen LogP contribution in [0.4, 0.5) is 17.1 Å². The van der Waals surface area contributed by atoms with E-state index in [1.807, 2.05) is 48.5 Å².